The van der Waals surface area contributed by atoms with Crippen LogP contribution in [-0.4, -0.2) is 37.2 Å². The molecule has 0 heterocycles. The summed E-state index contributed by atoms with van der Waals surface area (Å²) in [6.07, 6.45) is 73.9. The molecule has 0 aliphatic carbocycles. The standard InChI is InChI=1S/C67H128O6/c1-4-7-10-13-16-19-22-24-26-28-29-30-31-32-33-34-35-36-37-38-40-41-43-45-48-51-54-57-60-66(69)72-63-64(62-71-65(68)59-56-53-50-47-21-18-15-12-9-6-3)73-67(70)61-58-55-52-49-46-44-42-39-27-25-23-20-17-14-11-8-5-2/h12,15,64H,4-11,13-14,16-63H2,1-3H3/b15-12-. The molecule has 6 heteroatoms. The summed E-state index contributed by atoms with van der Waals surface area (Å²) in [7, 11) is 0. The molecule has 0 saturated carbocycles. The Bertz CT molecular complexity index is 1130. The molecule has 0 aliphatic rings. The number of allylic oxidation sites excluding steroid dienone is 2. The molecule has 1 atom stereocenters. The van der Waals surface area contributed by atoms with Gasteiger partial charge in [-0.1, -0.05) is 335 Å². The summed E-state index contributed by atoms with van der Waals surface area (Å²) in [6, 6.07) is 0. The lowest BCUT2D eigenvalue weighted by atomic mass is 10.0. The van der Waals surface area contributed by atoms with E-state index >= 15 is 0 Å². The second-order valence-electron chi connectivity index (χ2n) is 22.7. The van der Waals surface area contributed by atoms with Crippen molar-refractivity contribution in [1.82, 2.24) is 0 Å². The van der Waals surface area contributed by atoms with E-state index in [0.29, 0.717) is 19.3 Å². The minimum atomic E-state index is -0.768. The first-order chi connectivity index (χ1) is 36.0. The Balaban J connectivity index is 4.09. The van der Waals surface area contributed by atoms with E-state index in [-0.39, 0.29) is 31.1 Å². The highest BCUT2D eigenvalue weighted by Crippen LogP contribution is 2.19. The number of ether oxygens (including phenoxy) is 3. The second kappa shape index (κ2) is 62.7. The van der Waals surface area contributed by atoms with Gasteiger partial charge in [-0.2, -0.15) is 0 Å². The molecule has 0 aromatic carbocycles. The summed E-state index contributed by atoms with van der Waals surface area (Å²) >= 11 is 0. The van der Waals surface area contributed by atoms with Crippen molar-refractivity contribution < 1.29 is 28.6 Å². The summed E-state index contributed by atoms with van der Waals surface area (Å²) in [5.74, 6) is -0.849. The van der Waals surface area contributed by atoms with Gasteiger partial charge in [-0.05, 0) is 38.5 Å². The fourth-order valence-electron chi connectivity index (χ4n) is 10.3. The number of esters is 3. The van der Waals surface area contributed by atoms with E-state index in [2.05, 4.69) is 32.9 Å². The molecular formula is C67H128O6. The van der Waals surface area contributed by atoms with Gasteiger partial charge in [0.25, 0.3) is 0 Å². The van der Waals surface area contributed by atoms with Crippen LogP contribution in [0.25, 0.3) is 0 Å². The van der Waals surface area contributed by atoms with Crippen molar-refractivity contribution in [2.45, 2.75) is 386 Å². The Morgan fingerprint density at radius 3 is 0.740 bits per heavy atom. The van der Waals surface area contributed by atoms with Crippen molar-refractivity contribution in [2.75, 3.05) is 13.2 Å². The number of carbonyl (C=O) groups is 3. The monoisotopic (exact) mass is 1030 g/mol. The molecule has 0 aromatic heterocycles. The molecule has 73 heavy (non-hydrogen) atoms. The zero-order valence-electron chi connectivity index (χ0n) is 49.7. The van der Waals surface area contributed by atoms with Crippen molar-refractivity contribution >= 4 is 17.9 Å². The van der Waals surface area contributed by atoms with E-state index in [9.17, 15) is 14.4 Å². The molecule has 6 nitrogen and oxygen atoms in total. The smallest absolute Gasteiger partial charge is 0.306 e. The van der Waals surface area contributed by atoms with Crippen LogP contribution in [-0.2, 0) is 28.6 Å². The SMILES string of the molecule is CCC/C=C\CCCCCCCC(=O)OCC(COC(=O)CCCCCCCCCCCCCCCCCCCCCCCCCCCCCC)OC(=O)CCCCCCCCCCCCCCCCCCC. The average Bonchev–Trinajstić information content (AvgIpc) is 3.39. The van der Waals surface area contributed by atoms with Gasteiger partial charge >= 0.3 is 17.9 Å². The summed E-state index contributed by atoms with van der Waals surface area (Å²) in [6.45, 7) is 6.65. The number of hydrogen-bond donors (Lipinski definition) is 0. The number of carbonyl (C=O) groups excluding carboxylic acids is 3. The van der Waals surface area contributed by atoms with Gasteiger partial charge in [0.15, 0.2) is 6.10 Å². The van der Waals surface area contributed by atoms with Crippen LogP contribution in [0.3, 0.4) is 0 Å². The minimum Gasteiger partial charge on any atom is -0.462 e. The fourth-order valence-corrected chi connectivity index (χ4v) is 10.3. The third-order valence-electron chi connectivity index (χ3n) is 15.3. The number of unbranched alkanes of at least 4 members (excludes halogenated alkanes) is 49. The van der Waals surface area contributed by atoms with Crippen LogP contribution in [0.4, 0.5) is 0 Å². The van der Waals surface area contributed by atoms with Crippen LogP contribution >= 0.6 is 0 Å². The van der Waals surface area contributed by atoms with Crippen LogP contribution in [0.1, 0.15) is 380 Å². The van der Waals surface area contributed by atoms with E-state index in [4.69, 9.17) is 14.2 Å². The van der Waals surface area contributed by atoms with E-state index in [0.717, 1.165) is 70.6 Å². The third kappa shape index (κ3) is 60.9. The van der Waals surface area contributed by atoms with Gasteiger partial charge in [0.1, 0.15) is 13.2 Å². The first-order valence-electron chi connectivity index (χ1n) is 33.2. The molecule has 1 unspecified atom stereocenters. The summed E-state index contributed by atoms with van der Waals surface area (Å²) in [5.41, 5.74) is 0. The van der Waals surface area contributed by atoms with E-state index < -0.39 is 6.10 Å². The second-order valence-corrected chi connectivity index (χ2v) is 22.7. The molecule has 0 fully saturated rings. The molecule has 0 bridgehead atoms. The Morgan fingerprint density at radius 1 is 0.260 bits per heavy atom. The van der Waals surface area contributed by atoms with Gasteiger partial charge in [-0.25, -0.2) is 0 Å². The van der Waals surface area contributed by atoms with Gasteiger partial charge < -0.3 is 14.2 Å². The van der Waals surface area contributed by atoms with Gasteiger partial charge in [0.2, 0.25) is 0 Å². The third-order valence-corrected chi connectivity index (χ3v) is 15.3. The van der Waals surface area contributed by atoms with Crippen molar-refractivity contribution in [3.63, 3.8) is 0 Å². The Labute approximate surface area is 456 Å². The quantitative estimate of drug-likeness (QED) is 0.0261. The molecule has 0 rings (SSSR count). The number of rotatable bonds is 62. The van der Waals surface area contributed by atoms with Gasteiger partial charge in [0, 0.05) is 19.3 Å². The maximum absolute atomic E-state index is 12.9. The van der Waals surface area contributed by atoms with Crippen LogP contribution < -0.4 is 0 Å². The lowest BCUT2D eigenvalue weighted by molar-refractivity contribution is -0.167. The predicted molar refractivity (Wildman–Crippen MR) is 317 cm³/mol. The molecule has 0 aromatic rings. The Morgan fingerprint density at radius 2 is 0.479 bits per heavy atom. The zero-order chi connectivity index (χ0) is 52.9. The first-order valence-corrected chi connectivity index (χ1v) is 33.2. The molecule has 0 saturated heterocycles. The van der Waals surface area contributed by atoms with Crippen LogP contribution in [0.15, 0.2) is 12.2 Å². The van der Waals surface area contributed by atoms with Gasteiger partial charge in [-0.15, -0.1) is 0 Å². The van der Waals surface area contributed by atoms with Crippen molar-refractivity contribution in [3.8, 4) is 0 Å². The van der Waals surface area contributed by atoms with Crippen LogP contribution in [0.5, 0.6) is 0 Å². The van der Waals surface area contributed by atoms with Gasteiger partial charge in [-0.3, -0.25) is 14.4 Å². The fraction of sp³-hybridized carbons (Fsp3) is 0.925. The van der Waals surface area contributed by atoms with E-state index in [1.165, 1.54) is 270 Å². The van der Waals surface area contributed by atoms with Crippen LogP contribution in [0.2, 0.25) is 0 Å². The molecule has 0 aliphatic heterocycles. The summed E-state index contributed by atoms with van der Waals surface area (Å²) in [4.78, 5) is 38.2. The largest absolute Gasteiger partial charge is 0.462 e. The van der Waals surface area contributed by atoms with Crippen molar-refractivity contribution in [1.29, 1.82) is 0 Å². The van der Waals surface area contributed by atoms with Crippen molar-refractivity contribution in [2.24, 2.45) is 0 Å². The Kier molecular flexibility index (Phi) is 61.1. The zero-order valence-corrected chi connectivity index (χ0v) is 49.7. The lowest BCUT2D eigenvalue weighted by Gasteiger charge is -2.18. The Hall–Kier alpha value is -1.85. The predicted octanol–water partition coefficient (Wildman–Crippen LogP) is 22.4. The molecule has 0 amide bonds. The maximum Gasteiger partial charge on any atom is 0.306 e. The average molecular weight is 1030 g/mol. The molecule has 432 valence electrons. The lowest BCUT2D eigenvalue weighted by Crippen LogP contribution is -2.30. The summed E-state index contributed by atoms with van der Waals surface area (Å²) < 4.78 is 16.9. The van der Waals surface area contributed by atoms with E-state index in [1.807, 2.05) is 0 Å². The highest BCUT2D eigenvalue weighted by molar-refractivity contribution is 5.71. The number of hydrogen-bond acceptors (Lipinski definition) is 6. The summed E-state index contributed by atoms with van der Waals surface area (Å²) in [5, 5.41) is 0. The first kappa shape index (κ1) is 71.2. The van der Waals surface area contributed by atoms with E-state index in [1.54, 1.807) is 0 Å². The highest BCUT2D eigenvalue weighted by atomic mass is 16.6. The normalized spacial score (nSPS) is 12.0. The molecule has 0 N–H and O–H groups in total. The van der Waals surface area contributed by atoms with Gasteiger partial charge in [0.05, 0.1) is 0 Å². The van der Waals surface area contributed by atoms with Crippen LogP contribution in [0, 0.1) is 0 Å². The highest BCUT2D eigenvalue weighted by Gasteiger charge is 2.19. The minimum absolute atomic E-state index is 0.0663. The molecular weight excluding hydrogens is 901 g/mol. The topological polar surface area (TPSA) is 78.9 Å². The molecule has 0 radical (unpaired) electrons. The molecule has 0 spiro atoms. The maximum atomic E-state index is 12.9. The van der Waals surface area contributed by atoms with Crippen molar-refractivity contribution in [3.05, 3.63) is 12.2 Å².